The van der Waals surface area contributed by atoms with Crippen molar-refractivity contribution in [3.05, 3.63) is 54.1 Å². The number of ether oxygens (including phenoxy) is 1. The average molecular weight is 344 g/mol. The van der Waals surface area contributed by atoms with Crippen LogP contribution in [0.1, 0.15) is 18.5 Å². The third kappa shape index (κ3) is 3.93. The Bertz CT molecular complexity index is 782. The summed E-state index contributed by atoms with van der Waals surface area (Å²) in [6.07, 6.45) is 2.64. The van der Waals surface area contributed by atoms with Crippen molar-refractivity contribution in [3.63, 3.8) is 0 Å². The number of aliphatic carboxylic acids is 1. The number of carbonyl (C=O) groups excluding carboxylic acids is 1. The standard InChI is InChI=1S/C18H17FN2O4/c19-15-9-11(21-17(22)13-5-6-14(13)18(23)24)4-7-16(15)25-10-12-3-1-2-8-20-12/h1-4,7-9,13-14H,5-6,10H2,(H,21,22)(H,23,24). The van der Waals surface area contributed by atoms with Gasteiger partial charge in [-0.25, -0.2) is 4.39 Å². The number of hydrogen-bond donors (Lipinski definition) is 2. The zero-order valence-corrected chi connectivity index (χ0v) is 13.3. The fourth-order valence-corrected chi connectivity index (χ4v) is 2.68. The van der Waals surface area contributed by atoms with Crippen molar-refractivity contribution in [2.24, 2.45) is 11.8 Å². The number of amides is 1. The van der Waals surface area contributed by atoms with Gasteiger partial charge in [-0.15, -0.1) is 0 Å². The summed E-state index contributed by atoms with van der Waals surface area (Å²) in [6, 6.07) is 9.45. The van der Waals surface area contributed by atoms with Crippen LogP contribution >= 0.6 is 0 Å². The molecule has 25 heavy (non-hydrogen) atoms. The molecule has 130 valence electrons. The van der Waals surface area contributed by atoms with Gasteiger partial charge in [0, 0.05) is 18.0 Å². The number of anilines is 1. The highest BCUT2D eigenvalue weighted by Gasteiger charge is 2.41. The van der Waals surface area contributed by atoms with E-state index in [0.717, 1.165) is 6.07 Å². The monoisotopic (exact) mass is 344 g/mol. The van der Waals surface area contributed by atoms with Crippen molar-refractivity contribution >= 4 is 17.6 Å². The van der Waals surface area contributed by atoms with E-state index in [-0.39, 0.29) is 18.0 Å². The maximum absolute atomic E-state index is 14.1. The molecule has 0 radical (unpaired) electrons. The molecule has 0 saturated heterocycles. The number of nitrogens with one attached hydrogen (secondary N) is 1. The third-order valence-electron chi connectivity index (χ3n) is 4.23. The molecule has 2 N–H and O–H groups in total. The predicted octanol–water partition coefficient (Wildman–Crippen LogP) is 2.85. The van der Waals surface area contributed by atoms with Gasteiger partial charge in [-0.2, -0.15) is 0 Å². The Hall–Kier alpha value is -2.96. The van der Waals surface area contributed by atoms with E-state index in [1.54, 1.807) is 18.3 Å². The summed E-state index contributed by atoms with van der Waals surface area (Å²) in [5, 5.41) is 11.6. The van der Waals surface area contributed by atoms with E-state index in [4.69, 9.17) is 9.84 Å². The number of carbonyl (C=O) groups is 2. The normalized spacial score (nSPS) is 18.9. The maximum atomic E-state index is 14.1. The lowest BCUT2D eigenvalue weighted by Crippen LogP contribution is -2.41. The lowest BCUT2D eigenvalue weighted by Gasteiger charge is -2.31. The van der Waals surface area contributed by atoms with Gasteiger partial charge in [-0.1, -0.05) is 6.07 Å². The van der Waals surface area contributed by atoms with Crippen LogP contribution in [-0.2, 0) is 16.2 Å². The SMILES string of the molecule is O=C(O)C1CCC1C(=O)Nc1ccc(OCc2ccccn2)c(F)c1. The molecule has 0 aliphatic heterocycles. The van der Waals surface area contributed by atoms with Crippen LogP contribution in [0.2, 0.25) is 0 Å². The summed E-state index contributed by atoms with van der Waals surface area (Å²) in [7, 11) is 0. The molecule has 3 rings (SSSR count). The van der Waals surface area contributed by atoms with E-state index in [1.807, 2.05) is 6.07 Å². The van der Waals surface area contributed by atoms with Gasteiger partial charge in [0.25, 0.3) is 0 Å². The van der Waals surface area contributed by atoms with Crippen molar-refractivity contribution < 1.29 is 23.8 Å². The minimum Gasteiger partial charge on any atom is -0.484 e. The van der Waals surface area contributed by atoms with Crippen LogP contribution in [0.5, 0.6) is 5.75 Å². The van der Waals surface area contributed by atoms with Crippen LogP contribution in [0.4, 0.5) is 10.1 Å². The Balaban J connectivity index is 1.60. The average Bonchev–Trinajstić information content (AvgIpc) is 2.53. The third-order valence-corrected chi connectivity index (χ3v) is 4.23. The van der Waals surface area contributed by atoms with Gasteiger partial charge in [0.15, 0.2) is 11.6 Å². The molecule has 2 aromatic rings. The van der Waals surface area contributed by atoms with Gasteiger partial charge in [-0.05, 0) is 37.1 Å². The minimum atomic E-state index is -0.976. The van der Waals surface area contributed by atoms with E-state index in [9.17, 15) is 14.0 Å². The summed E-state index contributed by atoms with van der Waals surface area (Å²) in [6.45, 7) is 0.131. The Morgan fingerprint density at radius 1 is 1.24 bits per heavy atom. The molecule has 1 aliphatic carbocycles. The van der Waals surface area contributed by atoms with Crippen LogP contribution in [0.3, 0.4) is 0 Å². The first-order valence-corrected chi connectivity index (χ1v) is 7.90. The highest BCUT2D eigenvalue weighted by atomic mass is 19.1. The summed E-state index contributed by atoms with van der Waals surface area (Å²) in [4.78, 5) is 27.1. The van der Waals surface area contributed by atoms with Gasteiger partial charge in [-0.3, -0.25) is 14.6 Å². The Kier molecular flexibility index (Phi) is 4.92. The molecule has 1 aliphatic rings. The van der Waals surface area contributed by atoms with Gasteiger partial charge in [0.1, 0.15) is 6.61 Å². The highest BCUT2D eigenvalue weighted by molar-refractivity contribution is 5.96. The molecule has 1 aromatic carbocycles. The maximum Gasteiger partial charge on any atom is 0.307 e. The molecular weight excluding hydrogens is 327 g/mol. The second-order valence-corrected chi connectivity index (χ2v) is 5.87. The van der Waals surface area contributed by atoms with Crippen LogP contribution in [-0.4, -0.2) is 22.0 Å². The van der Waals surface area contributed by atoms with Gasteiger partial charge < -0.3 is 15.2 Å². The lowest BCUT2D eigenvalue weighted by atomic mass is 9.73. The van der Waals surface area contributed by atoms with Crippen LogP contribution in [0.25, 0.3) is 0 Å². The molecule has 2 atom stereocenters. The van der Waals surface area contributed by atoms with Crippen LogP contribution in [0.15, 0.2) is 42.6 Å². The van der Waals surface area contributed by atoms with E-state index in [2.05, 4.69) is 10.3 Å². The number of rotatable bonds is 6. The fourth-order valence-electron chi connectivity index (χ4n) is 2.68. The molecule has 1 heterocycles. The number of benzene rings is 1. The smallest absolute Gasteiger partial charge is 0.307 e. The number of halogens is 1. The first kappa shape index (κ1) is 16.9. The zero-order valence-electron chi connectivity index (χ0n) is 13.3. The number of aromatic nitrogens is 1. The summed E-state index contributed by atoms with van der Waals surface area (Å²) < 4.78 is 19.5. The molecule has 0 spiro atoms. The second kappa shape index (κ2) is 7.29. The first-order valence-electron chi connectivity index (χ1n) is 7.90. The Morgan fingerprint density at radius 3 is 2.64 bits per heavy atom. The molecule has 1 amide bonds. The van der Waals surface area contributed by atoms with Gasteiger partial charge in [0.05, 0.1) is 17.5 Å². The first-order chi connectivity index (χ1) is 12.0. The molecule has 0 bridgehead atoms. The number of nitrogens with zero attached hydrogens (tertiary/aromatic N) is 1. The summed E-state index contributed by atoms with van der Waals surface area (Å²) >= 11 is 0. The molecule has 1 saturated carbocycles. The molecule has 6 nitrogen and oxygen atoms in total. The molecule has 2 unspecified atom stereocenters. The van der Waals surface area contributed by atoms with Crippen molar-refractivity contribution in [2.75, 3.05) is 5.32 Å². The van der Waals surface area contributed by atoms with Crippen molar-refractivity contribution in [1.29, 1.82) is 0 Å². The number of hydrogen-bond acceptors (Lipinski definition) is 4. The molecule has 7 heteroatoms. The second-order valence-electron chi connectivity index (χ2n) is 5.87. The zero-order chi connectivity index (χ0) is 17.8. The van der Waals surface area contributed by atoms with E-state index >= 15 is 0 Å². The molecule has 1 fully saturated rings. The van der Waals surface area contributed by atoms with Crippen LogP contribution in [0, 0.1) is 17.7 Å². The topological polar surface area (TPSA) is 88.5 Å². The molecular formula is C18H17FN2O4. The van der Waals surface area contributed by atoms with Gasteiger partial charge in [0.2, 0.25) is 5.91 Å². The predicted molar refractivity (Wildman–Crippen MR) is 87.4 cm³/mol. The van der Waals surface area contributed by atoms with Crippen LogP contribution < -0.4 is 10.1 Å². The van der Waals surface area contributed by atoms with Gasteiger partial charge >= 0.3 is 5.97 Å². The van der Waals surface area contributed by atoms with Crippen molar-refractivity contribution in [1.82, 2.24) is 4.98 Å². The molecule has 1 aromatic heterocycles. The minimum absolute atomic E-state index is 0.0516. The summed E-state index contributed by atoms with van der Waals surface area (Å²) in [5.41, 5.74) is 0.938. The quantitative estimate of drug-likeness (QED) is 0.841. The number of carboxylic acid groups (broad SMARTS) is 1. The highest BCUT2D eigenvalue weighted by Crippen LogP contribution is 2.35. The lowest BCUT2D eigenvalue weighted by molar-refractivity contribution is -0.151. The summed E-state index contributed by atoms with van der Waals surface area (Å²) in [5.74, 6) is -3.17. The van der Waals surface area contributed by atoms with E-state index in [0.29, 0.717) is 18.5 Å². The van der Waals surface area contributed by atoms with Crippen molar-refractivity contribution in [2.45, 2.75) is 19.4 Å². The van der Waals surface area contributed by atoms with Crippen molar-refractivity contribution in [3.8, 4) is 5.75 Å². The largest absolute Gasteiger partial charge is 0.484 e. The Labute approximate surface area is 143 Å². The van der Waals surface area contributed by atoms with E-state index < -0.39 is 29.5 Å². The van der Waals surface area contributed by atoms with E-state index in [1.165, 1.54) is 12.1 Å². The Morgan fingerprint density at radius 2 is 2.04 bits per heavy atom. The number of pyridine rings is 1. The number of carboxylic acids is 1. The fraction of sp³-hybridized carbons (Fsp3) is 0.278.